The summed E-state index contributed by atoms with van der Waals surface area (Å²) in [5, 5.41) is 0. The molecular weight excluding hydrogens is 208 g/mol. The Kier molecular flexibility index (Phi) is 1.70. The molecule has 0 spiro atoms. The molecule has 0 aliphatic heterocycles. The Morgan fingerprint density at radius 1 is 1.25 bits per heavy atom. The molecule has 0 radical (unpaired) electrons. The summed E-state index contributed by atoms with van der Waals surface area (Å²) in [5.74, 6) is 1.75. The lowest BCUT2D eigenvalue weighted by Gasteiger charge is -1.92. The quantitative estimate of drug-likeness (QED) is 0.666. The molecule has 0 aliphatic rings. The topological polar surface area (TPSA) is 91.0 Å². The number of aromatic nitrogens is 3. The molecule has 0 saturated heterocycles. The van der Waals surface area contributed by atoms with Crippen LogP contribution in [0.3, 0.4) is 0 Å². The minimum atomic E-state index is 0.309. The van der Waals surface area contributed by atoms with Gasteiger partial charge in [-0.1, -0.05) is 0 Å². The third-order valence-corrected chi connectivity index (χ3v) is 2.13. The van der Waals surface area contributed by atoms with Gasteiger partial charge in [-0.05, 0) is 19.1 Å². The summed E-state index contributed by atoms with van der Waals surface area (Å²) < 4.78 is 10.6. The van der Waals surface area contributed by atoms with Crippen molar-refractivity contribution in [3.8, 4) is 11.7 Å². The summed E-state index contributed by atoms with van der Waals surface area (Å²) in [6.45, 7) is 1.74. The molecule has 0 bridgehead atoms. The molecule has 3 rings (SSSR count). The predicted octanol–water partition coefficient (Wildman–Crippen LogP) is 1.77. The van der Waals surface area contributed by atoms with Crippen LogP contribution in [-0.4, -0.2) is 15.0 Å². The fourth-order valence-electron chi connectivity index (χ4n) is 1.46. The number of fused-ring (bicyclic) bond motifs is 1. The number of rotatable bonds is 1. The zero-order valence-corrected chi connectivity index (χ0v) is 8.47. The molecule has 0 atom stereocenters. The Hall–Kier alpha value is -2.37. The van der Waals surface area contributed by atoms with E-state index in [0.717, 1.165) is 0 Å². The number of oxazole rings is 1. The molecule has 6 nitrogen and oxygen atoms in total. The molecular formula is C10H8N4O2. The smallest absolute Gasteiger partial charge is 0.265 e. The largest absolute Gasteiger partial charge is 0.459 e. The van der Waals surface area contributed by atoms with Gasteiger partial charge in [0.2, 0.25) is 0 Å². The molecule has 3 heterocycles. The second kappa shape index (κ2) is 3.06. The van der Waals surface area contributed by atoms with E-state index in [1.165, 1.54) is 0 Å². The van der Waals surface area contributed by atoms with Gasteiger partial charge < -0.3 is 14.6 Å². The van der Waals surface area contributed by atoms with E-state index in [9.17, 15) is 0 Å². The molecule has 0 unspecified atom stereocenters. The summed E-state index contributed by atoms with van der Waals surface area (Å²) in [7, 11) is 0. The fraction of sp³-hybridized carbons (Fsp3) is 0.100. The molecule has 0 amide bonds. The van der Waals surface area contributed by atoms with Gasteiger partial charge in [0.25, 0.3) is 11.6 Å². The Morgan fingerprint density at radius 3 is 2.88 bits per heavy atom. The summed E-state index contributed by atoms with van der Waals surface area (Å²) in [6, 6.07) is 3.51. The number of nitrogens with two attached hydrogens (primary N) is 1. The third kappa shape index (κ3) is 1.23. The average molecular weight is 216 g/mol. The average Bonchev–Trinajstić information content (AvgIpc) is 2.82. The fourth-order valence-corrected chi connectivity index (χ4v) is 1.46. The van der Waals surface area contributed by atoms with Crippen LogP contribution in [0.15, 0.2) is 27.2 Å². The Labute approximate surface area is 90.1 Å². The maximum Gasteiger partial charge on any atom is 0.265 e. The lowest BCUT2D eigenvalue weighted by Crippen LogP contribution is -1.95. The highest BCUT2D eigenvalue weighted by Gasteiger charge is 2.14. The Bertz CT molecular complexity index is 642. The molecule has 0 fully saturated rings. The molecule has 3 aromatic heterocycles. The Balaban J connectivity index is 2.27. The van der Waals surface area contributed by atoms with Crippen molar-refractivity contribution in [1.29, 1.82) is 0 Å². The van der Waals surface area contributed by atoms with E-state index < -0.39 is 0 Å². The van der Waals surface area contributed by atoms with Crippen LogP contribution in [0, 0.1) is 6.92 Å². The predicted molar refractivity (Wildman–Crippen MR) is 56.5 cm³/mol. The minimum Gasteiger partial charge on any atom is -0.459 e. The van der Waals surface area contributed by atoms with Crippen molar-refractivity contribution in [2.45, 2.75) is 6.92 Å². The van der Waals surface area contributed by atoms with Gasteiger partial charge in [0.15, 0.2) is 17.1 Å². The number of anilines is 1. The highest BCUT2D eigenvalue weighted by atomic mass is 16.4. The van der Waals surface area contributed by atoms with Crippen molar-refractivity contribution in [3.05, 3.63) is 24.2 Å². The number of hydrogen-bond acceptors (Lipinski definition) is 6. The highest BCUT2D eigenvalue weighted by molar-refractivity contribution is 5.81. The van der Waals surface area contributed by atoms with Gasteiger partial charge in [0.05, 0.1) is 6.26 Å². The molecule has 6 heteroatoms. The lowest BCUT2D eigenvalue weighted by molar-refractivity contribution is 0.531. The van der Waals surface area contributed by atoms with E-state index in [2.05, 4.69) is 15.0 Å². The molecule has 0 aromatic carbocycles. The van der Waals surface area contributed by atoms with Crippen molar-refractivity contribution in [3.63, 3.8) is 0 Å². The molecule has 0 saturated carbocycles. The van der Waals surface area contributed by atoms with E-state index in [-0.39, 0.29) is 0 Å². The van der Waals surface area contributed by atoms with Crippen LogP contribution < -0.4 is 5.73 Å². The van der Waals surface area contributed by atoms with Gasteiger partial charge in [-0.3, -0.25) is 0 Å². The van der Waals surface area contributed by atoms with Crippen LogP contribution >= 0.6 is 0 Å². The number of hydrogen-bond donors (Lipinski definition) is 1. The molecule has 80 valence electrons. The van der Waals surface area contributed by atoms with Crippen LogP contribution in [0.1, 0.15) is 5.82 Å². The maximum absolute atomic E-state index is 5.72. The van der Waals surface area contributed by atoms with Crippen LogP contribution in [-0.2, 0) is 0 Å². The first kappa shape index (κ1) is 8.90. The maximum atomic E-state index is 5.72. The summed E-state index contributed by atoms with van der Waals surface area (Å²) in [6.07, 6.45) is 1.55. The zero-order chi connectivity index (χ0) is 11.1. The second-order valence-corrected chi connectivity index (χ2v) is 3.31. The molecule has 3 aromatic rings. The molecule has 0 aliphatic carbocycles. The van der Waals surface area contributed by atoms with Crippen molar-refractivity contribution in [2.24, 2.45) is 0 Å². The Morgan fingerprint density at radius 2 is 2.12 bits per heavy atom. The van der Waals surface area contributed by atoms with Crippen LogP contribution in [0.4, 0.5) is 5.82 Å². The van der Waals surface area contributed by atoms with Crippen molar-refractivity contribution in [2.75, 3.05) is 5.73 Å². The van der Waals surface area contributed by atoms with E-state index in [0.29, 0.717) is 34.5 Å². The van der Waals surface area contributed by atoms with Gasteiger partial charge in [0, 0.05) is 0 Å². The summed E-state index contributed by atoms with van der Waals surface area (Å²) in [5.41, 5.74) is 6.55. The standard InChI is InChI=1S/C10H8N4O2/c1-5-12-8(11)7-10(13-5)16-9(14-7)6-3-2-4-15-6/h2-4H,1H3,(H2,11,12,13). The third-order valence-electron chi connectivity index (χ3n) is 2.13. The number of nitrogen functional groups attached to an aromatic ring is 1. The van der Waals surface area contributed by atoms with Crippen LogP contribution in [0.5, 0.6) is 0 Å². The monoisotopic (exact) mass is 216 g/mol. The summed E-state index contributed by atoms with van der Waals surface area (Å²) >= 11 is 0. The van der Waals surface area contributed by atoms with Crippen molar-refractivity contribution in [1.82, 2.24) is 15.0 Å². The molecule has 2 N–H and O–H groups in total. The SMILES string of the molecule is Cc1nc(N)c2nc(-c3ccco3)oc2n1. The van der Waals surface area contributed by atoms with E-state index >= 15 is 0 Å². The lowest BCUT2D eigenvalue weighted by atomic mass is 10.4. The number of furan rings is 1. The molecule has 16 heavy (non-hydrogen) atoms. The first-order chi connectivity index (χ1) is 7.74. The van der Waals surface area contributed by atoms with Crippen LogP contribution in [0.25, 0.3) is 22.9 Å². The highest BCUT2D eigenvalue weighted by Crippen LogP contribution is 2.25. The van der Waals surface area contributed by atoms with E-state index in [1.807, 2.05) is 0 Å². The number of aryl methyl sites for hydroxylation is 1. The van der Waals surface area contributed by atoms with Crippen molar-refractivity contribution >= 4 is 17.0 Å². The second-order valence-electron chi connectivity index (χ2n) is 3.31. The zero-order valence-electron chi connectivity index (χ0n) is 8.47. The van der Waals surface area contributed by atoms with E-state index in [1.54, 1.807) is 25.3 Å². The minimum absolute atomic E-state index is 0.309. The van der Waals surface area contributed by atoms with Crippen LogP contribution in [0.2, 0.25) is 0 Å². The summed E-state index contributed by atoms with van der Waals surface area (Å²) in [4.78, 5) is 12.3. The van der Waals surface area contributed by atoms with E-state index in [4.69, 9.17) is 14.6 Å². The van der Waals surface area contributed by atoms with Gasteiger partial charge >= 0.3 is 0 Å². The van der Waals surface area contributed by atoms with Gasteiger partial charge in [-0.25, -0.2) is 9.97 Å². The van der Waals surface area contributed by atoms with Gasteiger partial charge in [0.1, 0.15) is 5.82 Å². The van der Waals surface area contributed by atoms with Gasteiger partial charge in [-0.2, -0.15) is 4.98 Å². The first-order valence-electron chi connectivity index (χ1n) is 4.68. The van der Waals surface area contributed by atoms with Crippen molar-refractivity contribution < 1.29 is 8.83 Å². The first-order valence-corrected chi connectivity index (χ1v) is 4.68. The van der Waals surface area contributed by atoms with Gasteiger partial charge in [-0.15, -0.1) is 0 Å². The number of nitrogens with zero attached hydrogens (tertiary/aromatic N) is 3. The normalized spacial score (nSPS) is 11.1.